The average molecular weight is 584 g/mol. The summed E-state index contributed by atoms with van der Waals surface area (Å²) in [5, 5.41) is 3.36. The van der Waals surface area contributed by atoms with Gasteiger partial charge in [0, 0.05) is 17.1 Å². The lowest BCUT2D eigenvalue weighted by Crippen LogP contribution is -2.55. The summed E-state index contributed by atoms with van der Waals surface area (Å²) in [5.74, 6) is -0.800. The fourth-order valence-corrected chi connectivity index (χ4v) is 6.10. The van der Waals surface area contributed by atoms with Crippen molar-refractivity contribution in [3.63, 3.8) is 0 Å². The summed E-state index contributed by atoms with van der Waals surface area (Å²) in [4.78, 5) is 29.2. The molecule has 3 aromatic carbocycles. The molecular weight excluding hydrogens is 546 g/mol. The van der Waals surface area contributed by atoms with Crippen LogP contribution in [0.5, 0.6) is 0 Å². The third-order valence-electron chi connectivity index (χ3n) is 6.60. The molecule has 0 spiro atoms. The van der Waals surface area contributed by atoms with Gasteiger partial charge < -0.3 is 10.2 Å². The van der Waals surface area contributed by atoms with Crippen molar-refractivity contribution >= 4 is 39.1 Å². The molecule has 0 aliphatic carbocycles. The Balaban J connectivity index is 2.12. The summed E-state index contributed by atoms with van der Waals surface area (Å²) in [6, 6.07) is 19.7. The van der Waals surface area contributed by atoms with Crippen LogP contribution in [0.25, 0.3) is 0 Å². The molecule has 1 atom stereocenters. The normalized spacial score (nSPS) is 12.5. The van der Waals surface area contributed by atoms with Gasteiger partial charge in [-0.15, -0.1) is 0 Å². The van der Waals surface area contributed by atoms with E-state index in [-0.39, 0.29) is 17.3 Å². The van der Waals surface area contributed by atoms with Crippen LogP contribution in [-0.4, -0.2) is 43.3 Å². The molecule has 0 aliphatic rings. The van der Waals surface area contributed by atoms with E-state index in [4.69, 9.17) is 11.6 Å². The summed E-state index contributed by atoms with van der Waals surface area (Å²) < 4.78 is 29.0. The molecule has 1 unspecified atom stereocenters. The maximum Gasteiger partial charge on any atom is 0.264 e. The van der Waals surface area contributed by atoms with E-state index in [9.17, 15) is 18.0 Å². The second-order valence-corrected chi connectivity index (χ2v) is 13.1. The number of carbonyl (C=O) groups excluding carboxylic acids is 2. The Morgan fingerprint density at radius 3 is 2.15 bits per heavy atom. The summed E-state index contributed by atoms with van der Waals surface area (Å²) in [6.45, 7) is 10.8. The van der Waals surface area contributed by atoms with E-state index in [0.29, 0.717) is 22.7 Å². The minimum Gasteiger partial charge on any atom is -0.350 e. The predicted molar refractivity (Wildman–Crippen MR) is 161 cm³/mol. The molecule has 0 aliphatic heterocycles. The van der Waals surface area contributed by atoms with Gasteiger partial charge in [-0.05, 0) is 82.0 Å². The number of rotatable bonds is 10. The van der Waals surface area contributed by atoms with E-state index in [1.165, 1.54) is 17.0 Å². The first-order chi connectivity index (χ1) is 18.8. The van der Waals surface area contributed by atoms with E-state index in [1.807, 2.05) is 58.9 Å². The number of hydrogen-bond donors (Lipinski definition) is 1. The van der Waals surface area contributed by atoms with E-state index >= 15 is 0 Å². The zero-order valence-corrected chi connectivity index (χ0v) is 25.5. The highest BCUT2D eigenvalue weighted by Crippen LogP contribution is 2.31. The Bertz CT molecular complexity index is 1450. The molecular formula is C31H38ClN3O4S. The van der Waals surface area contributed by atoms with Crippen molar-refractivity contribution < 1.29 is 18.0 Å². The minimum absolute atomic E-state index is 0.0464. The van der Waals surface area contributed by atoms with Crippen LogP contribution in [0.15, 0.2) is 77.7 Å². The van der Waals surface area contributed by atoms with Gasteiger partial charge in [0.1, 0.15) is 12.6 Å². The monoisotopic (exact) mass is 583 g/mol. The van der Waals surface area contributed by atoms with Gasteiger partial charge in [-0.1, -0.05) is 67.1 Å². The minimum atomic E-state index is -4.16. The first-order valence-corrected chi connectivity index (χ1v) is 15.1. The lowest BCUT2D eigenvalue weighted by atomic mass is 10.0. The fraction of sp³-hybridized carbons (Fsp3) is 0.355. The molecule has 7 nitrogen and oxygen atoms in total. The third-order valence-corrected chi connectivity index (χ3v) is 8.79. The van der Waals surface area contributed by atoms with Crippen molar-refractivity contribution in [1.82, 2.24) is 10.2 Å². The number of halogens is 1. The number of amides is 2. The third kappa shape index (κ3) is 7.43. The van der Waals surface area contributed by atoms with Crippen molar-refractivity contribution in [3.05, 3.63) is 94.5 Å². The number of aryl methyl sites for hydroxylation is 1. The Kier molecular flexibility index (Phi) is 10.0. The first-order valence-electron chi connectivity index (χ1n) is 13.2. The van der Waals surface area contributed by atoms with Gasteiger partial charge in [0.15, 0.2) is 0 Å². The van der Waals surface area contributed by atoms with Crippen molar-refractivity contribution in [2.24, 2.45) is 0 Å². The largest absolute Gasteiger partial charge is 0.350 e. The molecule has 0 aromatic heterocycles. The molecule has 1 N–H and O–H groups in total. The number of hydrogen-bond acceptors (Lipinski definition) is 4. The van der Waals surface area contributed by atoms with Gasteiger partial charge in [0.05, 0.1) is 10.6 Å². The highest BCUT2D eigenvalue weighted by molar-refractivity contribution is 7.92. The summed E-state index contributed by atoms with van der Waals surface area (Å²) in [6.07, 6.45) is 0.348. The number of nitrogens with zero attached hydrogens (tertiary/aromatic N) is 2. The number of carbonyl (C=O) groups is 2. The van der Waals surface area contributed by atoms with Gasteiger partial charge in [0.25, 0.3) is 10.0 Å². The van der Waals surface area contributed by atoms with Crippen LogP contribution in [0.2, 0.25) is 5.02 Å². The second-order valence-electron chi connectivity index (χ2n) is 10.8. The maximum absolute atomic E-state index is 14.2. The number of benzene rings is 3. The van der Waals surface area contributed by atoms with Crippen LogP contribution < -0.4 is 9.62 Å². The Hall–Kier alpha value is -3.36. The van der Waals surface area contributed by atoms with Crippen LogP contribution in [0, 0.1) is 13.8 Å². The molecule has 0 saturated carbocycles. The molecule has 0 bridgehead atoms. The molecule has 0 fully saturated rings. The SMILES string of the molecule is CCC(C(=O)NC(C)(C)C)N(Cc1ccccc1C)C(=O)CN(c1cccc(Cl)c1C)S(=O)(=O)c1ccccc1. The standard InChI is InChI=1S/C31H38ClN3O4S/c1-7-27(30(37)33-31(4,5)6)34(20-24-15-12-11-14-22(24)2)29(36)21-35(28-19-13-18-26(32)23(28)3)40(38,39)25-16-9-8-10-17-25/h8-19,27H,7,20-21H2,1-6H3,(H,33,37). The zero-order chi connectivity index (χ0) is 29.7. The fourth-order valence-electron chi connectivity index (χ4n) is 4.44. The smallest absolute Gasteiger partial charge is 0.264 e. The summed E-state index contributed by atoms with van der Waals surface area (Å²) >= 11 is 6.38. The molecule has 2 amide bonds. The van der Waals surface area contributed by atoms with Crippen LogP contribution in [0.3, 0.4) is 0 Å². The van der Waals surface area contributed by atoms with Gasteiger partial charge in [-0.3, -0.25) is 13.9 Å². The van der Waals surface area contributed by atoms with Crippen LogP contribution in [-0.2, 0) is 26.2 Å². The van der Waals surface area contributed by atoms with Gasteiger partial charge in [-0.25, -0.2) is 8.42 Å². The molecule has 9 heteroatoms. The maximum atomic E-state index is 14.2. The first kappa shape index (κ1) is 31.2. The second kappa shape index (κ2) is 12.9. The van der Waals surface area contributed by atoms with Gasteiger partial charge in [0.2, 0.25) is 11.8 Å². The average Bonchev–Trinajstić information content (AvgIpc) is 2.89. The van der Waals surface area contributed by atoms with Crippen molar-refractivity contribution in [1.29, 1.82) is 0 Å². The molecule has 0 saturated heterocycles. The van der Waals surface area contributed by atoms with E-state index in [0.717, 1.165) is 15.4 Å². The van der Waals surface area contributed by atoms with E-state index in [2.05, 4.69) is 5.32 Å². The molecule has 3 aromatic rings. The van der Waals surface area contributed by atoms with E-state index < -0.39 is 34.1 Å². The number of anilines is 1. The van der Waals surface area contributed by atoms with E-state index in [1.54, 1.807) is 43.3 Å². The Labute approximate surface area is 243 Å². The summed E-state index contributed by atoms with van der Waals surface area (Å²) in [7, 11) is -4.16. The lowest BCUT2D eigenvalue weighted by molar-refractivity contribution is -0.141. The van der Waals surface area contributed by atoms with Crippen molar-refractivity contribution in [2.75, 3.05) is 10.8 Å². The highest BCUT2D eigenvalue weighted by Gasteiger charge is 2.35. The van der Waals surface area contributed by atoms with Crippen molar-refractivity contribution in [2.45, 2.75) is 71.0 Å². The molecule has 0 heterocycles. The number of nitrogens with one attached hydrogen (secondary N) is 1. The predicted octanol–water partition coefficient (Wildman–Crippen LogP) is 5.87. The molecule has 40 heavy (non-hydrogen) atoms. The molecule has 3 rings (SSSR count). The van der Waals surface area contributed by atoms with Crippen molar-refractivity contribution in [3.8, 4) is 0 Å². The lowest BCUT2D eigenvalue weighted by Gasteiger charge is -2.35. The highest BCUT2D eigenvalue weighted by atomic mass is 35.5. The Morgan fingerprint density at radius 1 is 0.925 bits per heavy atom. The zero-order valence-electron chi connectivity index (χ0n) is 23.9. The molecule has 0 radical (unpaired) electrons. The summed E-state index contributed by atoms with van der Waals surface area (Å²) in [5.41, 5.74) is 2.15. The Morgan fingerprint density at radius 2 is 1.55 bits per heavy atom. The van der Waals surface area contributed by atoms with Crippen LogP contribution in [0.1, 0.15) is 50.8 Å². The van der Waals surface area contributed by atoms with Crippen LogP contribution in [0.4, 0.5) is 5.69 Å². The quantitative estimate of drug-likeness (QED) is 0.323. The van der Waals surface area contributed by atoms with Gasteiger partial charge in [-0.2, -0.15) is 0 Å². The van der Waals surface area contributed by atoms with Crippen LogP contribution >= 0.6 is 11.6 Å². The molecule has 214 valence electrons. The number of sulfonamides is 1. The topological polar surface area (TPSA) is 86.8 Å². The van der Waals surface area contributed by atoms with Gasteiger partial charge >= 0.3 is 0 Å².